The molecule has 0 aliphatic carbocycles. The predicted octanol–water partition coefficient (Wildman–Crippen LogP) is 2.27. The van der Waals surface area contributed by atoms with Gasteiger partial charge in [-0.15, -0.1) is 0 Å². The van der Waals surface area contributed by atoms with Crippen molar-refractivity contribution in [2.75, 3.05) is 13.1 Å². The number of hydrogen-bond donors (Lipinski definition) is 2. The Morgan fingerprint density at radius 2 is 2.11 bits per heavy atom. The smallest absolute Gasteiger partial charge is 0.273 e. The third-order valence-corrected chi connectivity index (χ3v) is 4.78. The molecular formula is C19H17F2N5O2. The second kappa shape index (κ2) is 7.34. The Bertz CT molecular complexity index is 1050. The fourth-order valence-electron chi connectivity index (χ4n) is 3.44. The molecule has 0 spiro atoms. The number of piperidine rings is 1. The van der Waals surface area contributed by atoms with Gasteiger partial charge < -0.3 is 10.2 Å². The minimum Gasteiger partial charge on any atom is -0.346 e. The molecule has 1 aliphatic rings. The van der Waals surface area contributed by atoms with Crippen LogP contribution in [0, 0.1) is 11.6 Å². The van der Waals surface area contributed by atoms with Crippen molar-refractivity contribution in [2.24, 2.45) is 0 Å². The highest BCUT2D eigenvalue weighted by molar-refractivity contribution is 6.06. The summed E-state index contributed by atoms with van der Waals surface area (Å²) >= 11 is 0. The van der Waals surface area contributed by atoms with Gasteiger partial charge in [-0.25, -0.2) is 13.8 Å². The number of amides is 2. The largest absolute Gasteiger partial charge is 0.346 e. The summed E-state index contributed by atoms with van der Waals surface area (Å²) in [5.74, 6) is -2.75. The maximum Gasteiger partial charge on any atom is 0.273 e. The lowest BCUT2D eigenvalue weighted by atomic mass is 10.0. The lowest BCUT2D eigenvalue weighted by molar-refractivity contribution is 0.0676. The van der Waals surface area contributed by atoms with E-state index < -0.39 is 23.2 Å². The summed E-state index contributed by atoms with van der Waals surface area (Å²) in [6, 6.07) is 5.62. The molecule has 1 aliphatic heterocycles. The Morgan fingerprint density at radius 1 is 1.25 bits per heavy atom. The molecule has 0 bridgehead atoms. The van der Waals surface area contributed by atoms with Gasteiger partial charge in [-0.1, -0.05) is 6.07 Å². The number of fused-ring (bicyclic) bond motifs is 1. The van der Waals surface area contributed by atoms with Crippen LogP contribution < -0.4 is 5.32 Å². The minimum absolute atomic E-state index is 0.156. The monoisotopic (exact) mass is 385 g/mol. The van der Waals surface area contributed by atoms with Crippen LogP contribution >= 0.6 is 0 Å². The van der Waals surface area contributed by atoms with Gasteiger partial charge in [-0.05, 0) is 25.0 Å². The summed E-state index contributed by atoms with van der Waals surface area (Å²) in [7, 11) is 0. The number of carbonyl (C=O) groups excluding carboxylic acids is 2. The van der Waals surface area contributed by atoms with E-state index in [1.165, 1.54) is 0 Å². The first kappa shape index (κ1) is 18.0. The van der Waals surface area contributed by atoms with Gasteiger partial charge >= 0.3 is 0 Å². The third kappa shape index (κ3) is 3.42. The van der Waals surface area contributed by atoms with Gasteiger partial charge in [0.05, 0.1) is 23.5 Å². The van der Waals surface area contributed by atoms with E-state index in [4.69, 9.17) is 0 Å². The van der Waals surface area contributed by atoms with E-state index in [0.717, 1.165) is 17.1 Å². The molecule has 144 valence electrons. The fraction of sp³-hybridized carbons (Fsp3) is 0.263. The molecular weight excluding hydrogens is 368 g/mol. The van der Waals surface area contributed by atoms with Crippen LogP contribution in [0.5, 0.6) is 0 Å². The fourth-order valence-corrected chi connectivity index (χ4v) is 3.44. The minimum atomic E-state index is -1.02. The van der Waals surface area contributed by atoms with Crippen molar-refractivity contribution in [1.82, 2.24) is 25.4 Å². The molecule has 28 heavy (non-hydrogen) atoms. The first-order valence-electron chi connectivity index (χ1n) is 8.86. The van der Waals surface area contributed by atoms with Gasteiger partial charge in [-0.2, -0.15) is 5.10 Å². The van der Waals surface area contributed by atoms with Gasteiger partial charge in [0.15, 0.2) is 11.5 Å². The molecule has 9 heteroatoms. The number of aromatic amines is 1. The molecule has 0 radical (unpaired) electrons. The number of rotatable bonds is 3. The van der Waals surface area contributed by atoms with Crippen molar-refractivity contribution in [2.45, 2.75) is 18.9 Å². The highest BCUT2D eigenvalue weighted by Crippen LogP contribution is 2.20. The van der Waals surface area contributed by atoms with E-state index in [9.17, 15) is 18.4 Å². The predicted molar refractivity (Wildman–Crippen MR) is 96.6 cm³/mol. The zero-order valence-electron chi connectivity index (χ0n) is 14.8. The molecule has 1 aromatic carbocycles. The zero-order valence-corrected chi connectivity index (χ0v) is 14.8. The number of halogens is 2. The summed E-state index contributed by atoms with van der Waals surface area (Å²) in [5, 5.41) is 10.2. The third-order valence-electron chi connectivity index (χ3n) is 4.78. The molecule has 1 saturated heterocycles. The van der Waals surface area contributed by atoms with Crippen LogP contribution in [0.3, 0.4) is 0 Å². The van der Waals surface area contributed by atoms with Crippen molar-refractivity contribution in [1.29, 1.82) is 0 Å². The summed E-state index contributed by atoms with van der Waals surface area (Å²) in [4.78, 5) is 30.4. The van der Waals surface area contributed by atoms with Crippen LogP contribution in [0.1, 0.15) is 33.7 Å². The van der Waals surface area contributed by atoms with Crippen LogP contribution in [0.2, 0.25) is 0 Å². The molecule has 0 saturated carbocycles. The van der Waals surface area contributed by atoms with Crippen molar-refractivity contribution in [3.8, 4) is 0 Å². The summed E-state index contributed by atoms with van der Waals surface area (Å²) in [6.07, 6.45) is 3.74. The first-order valence-corrected chi connectivity index (χ1v) is 8.86. The molecule has 7 nitrogen and oxygen atoms in total. The number of benzene rings is 1. The molecule has 1 unspecified atom stereocenters. The number of hydrogen-bond acceptors (Lipinski definition) is 4. The second-order valence-corrected chi connectivity index (χ2v) is 6.68. The summed E-state index contributed by atoms with van der Waals surface area (Å²) < 4.78 is 26.7. The van der Waals surface area contributed by atoms with Crippen molar-refractivity contribution in [3.63, 3.8) is 0 Å². The van der Waals surface area contributed by atoms with E-state index in [1.807, 2.05) is 6.07 Å². The average Bonchev–Trinajstić information content (AvgIpc) is 3.16. The van der Waals surface area contributed by atoms with Crippen LogP contribution in [0.25, 0.3) is 10.9 Å². The molecule has 4 rings (SSSR count). The van der Waals surface area contributed by atoms with Crippen molar-refractivity contribution < 1.29 is 18.4 Å². The number of aromatic nitrogens is 3. The maximum absolute atomic E-state index is 13.8. The topological polar surface area (TPSA) is 91.0 Å². The molecule has 2 amide bonds. The Morgan fingerprint density at radius 3 is 2.93 bits per heavy atom. The van der Waals surface area contributed by atoms with Gasteiger partial charge in [0, 0.05) is 30.6 Å². The van der Waals surface area contributed by atoms with Crippen LogP contribution in [-0.2, 0) is 0 Å². The zero-order chi connectivity index (χ0) is 19.7. The van der Waals surface area contributed by atoms with E-state index >= 15 is 0 Å². The van der Waals surface area contributed by atoms with E-state index in [0.29, 0.717) is 37.6 Å². The Labute approximate surface area is 158 Å². The van der Waals surface area contributed by atoms with Crippen molar-refractivity contribution in [3.05, 3.63) is 59.6 Å². The number of likely N-dealkylation sites (tertiary alicyclic amines) is 1. The molecule has 1 atom stereocenters. The average molecular weight is 385 g/mol. The van der Waals surface area contributed by atoms with Crippen molar-refractivity contribution >= 4 is 22.7 Å². The lowest BCUT2D eigenvalue weighted by Crippen LogP contribution is -2.49. The van der Waals surface area contributed by atoms with E-state index in [2.05, 4.69) is 20.5 Å². The number of pyridine rings is 1. The number of nitrogens with zero attached hydrogens (tertiary/aromatic N) is 3. The first-order chi connectivity index (χ1) is 13.5. The summed E-state index contributed by atoms with van der Waals surface area (Å²) in [5.41, 5.74) is 0.836. The highest BCUT2D eigenvalue weighted by atomic mass is 19.1. The number of carbonyl (C=O) groups is 2. The van der Waals surface area contributed by atoms with Crippen LogP contribution in [-0.4, -0.2) is 51.0 Å². The van der Waals surface area contributed by atoms with Crippen LogP contribution in [0.15, 0.2) is 36.7 Å². The Kier molecular flexibility index (Phi) is 4.72. The molecule has 2 N–H and O–H groups in total. The van der Waals surface area contributed by atoms with Gasteiger partial charge in [0.1, 0.15) is 5.82 Å². The number of H-pyrrole nitrogens is 1. The summed E-state index contributed by atoms with van der Waals surface area (Å²) in [6.45, 7) is 0.851. The van der Waals surface area contributed by atoms with E-state index in [-0.39, 0.29) is 11.9 Å². The maximum atomic E-state index is 13.8. The molecule has 2 aromatic heterocycles. The molecule has 3 aromatic rings. The van der Waals surface area contributed by atoms with Gasteiger partial charge in [0.25, 0.3) is 11.8 Å². The molecule has 3 heterocycles. The highest BCUT2D eigenvalue weighted by Gasteiger charge is 2.27. The van der Waals surface area contributed by atoms with Crippen LogP contribution in [0.4, 0.5) is 8.78 Å². The Hall–Kier alpha value is -3.36. The van der Waals surface area contributed by atoms with E-state index in [1.54, 1.807) is 23.2 Å². The normalized spacial score (nSPS) is 16.9. The van der Waals surface area contributed by atoms with Gasteiger partial charge in [-0.3, -0.25) is 14.7 Å². The standard InChI is InChI=1S/C19H17F2N5O2/c20-11-7-15(21)17(22-8-11)18(27)24-12-3-2-6-26(10-12)19(28)13-4-1-5-16-14(13)9-23-25-16/h1,4-5,7-9,12H,2-3,6,10H2,(H,23,25)(H,24,27). The number of nitrogens with one attached hydrogen (secondary N) is 2. The lowest BCUT2D eigenvalue weighted by Gasteiger charge is -2.33. The van der Waals surface area contributed by atoms with Gasteiger partial charge in [0.2, 0.25) is 0 Å². The quantitative estimate of drug-likeness (QED) is 0.724. The SMILES string of the molecule is O=C(NC1CCCN(C(=O)c2cccc3[nH]ncc23)C1)c1ncc(F)cc1F. The Balaban J connectivity index is 1.47. The molecule has 1 fully saturated rings. The second-order valence-electron chi connectivity index (χ2n) is 6.68.